The van der Waals surface area contributed by atoms with E-state index < -0.39 is 0 Å². The average Bonchev–Trinajstić information content (AvgIpc) is 3.11. The summed E-state index contributed by atoms with van der Waals surface area (Å²) < 4.78 is 11.0. The molecular weight excluding hydrogens is 449 g/mol. The Hall–Kier alpha value is -2.15. The first-order valence-corrected chi connectivity index (χ1v) is 11.5. The van der Waals surface area contributed by atoms with E-state index >= 15 is 0 Å². The Balaban J connectivity index is 1.47. The minimum Gasteiger partial charge on any atom is -0.493 e. The summed E-state index contributed by atoms with van der Waals surface area (Å²) in [6, 6.07) is 11.2. The largest absolute Gasteiger partial charge is 0.493 e. The zero-order valence-corrected chi connectivity index (χ0v) is 20.1. The highest BCUT2D eigenvalue weighted by Gasteiger charge is 2.50. The lowest BCUT2D eigenvalue weighted by Gasteiger charge is -2.42. The lowest BCUT2D eigenvalue weighted by molar-refractivity contribution is 0.197. The zero-order chi connectivity index (χ0) is 22.9. The van der Waals surface area contributed by atoms with Crippen LogP contribution in [0.2, 0.25) is 10.0 Å². The van der Waals surface area contributed by atoms with Gasteiger partial charge in [-0.15, -0.1) is 0 Å². The van der Waals surface area contributed by atoms with E-state index in [4.69, 9.17) is 32.7 Å². The van der Waals surface area contributed by atoms with E-state index in [1.807, 2.05) is 6.07 Å². The van der Waals surface area contributed by atoms with Crippen molar-refractivity contribution in [2.45, 2.75) is 30.7 Å². The Bertz CT molecular complexity index is 1000. The standard InChI is InChI=1S/C24H29Cl2N3O3/c1-29-13-16-10-18(27-23(30)28-20-6-5-17(25)12-19(20)26)8-9-24(16,14-29)15-4-7-21(31-2)22(11-15)32-3/h4-7,11-12,16,18H,8-10,13-14H2,1-3H3,(H2,27,28,30)/t16-,18-,24+/m1/s1. The van der Waals surface area contributed by atoms with Crippen molar-refractivity contribution in [3.8, 4) is 11.5 Å². The number of fused-ring (bicyclic) bond motifs is 1. The molecule has 1 aliphatic heterocycles. The number of nitrogens with one attached hydrogen (secondary N) is 2. The first kappa shape index (κ1) is 23.0. The lowest BCUT2D eigenvalue weighted by Crippen LogP contribution is -2.48. The lowest BCUT2D eigenvalue weighted by atomic mass is 9.63. The Labute approximate surface area is 199 Å². The van der Waals surface area contributed by atoms with Gasteiger partial charge in [-0.1, -0.05) is 29.3 Å². The van der Waals surface area contributed by atoms with Crippen LogP contribution in [0, 0.1) is 5.92 Å². The Morgan fingerprint density at radius 2 is 1.91 bits per heavy atom. The third-order valence-electron chi connectivity index (χ3n) is 6.85. The zero-order valence-electron chi connectivity index (χ0n) is 18.6. The molecule has 1 aliphatic carbocycles. The number of hydrogen-bond donors (Lipinski definition) is 2. The molecule has 172 valence electrons. The topological polar surface area (TPSA) is 62.8 Å². The molecule has 2 aromatic rings. The summed E-state index contributed by atoms with van der Waals surface area (Å²) in [5, 5.41) is 6.93. The van der Waals surface area contributed by atoms with Crippen molar-refractivity contribution in [3.05, 3.63) is 52.0 Å². The summed E-state index contributed by atoms with van der Waals surface area (Å²) in [7, 11) is 5.49. The first-order chi connectivity index (χ1) is 15.3. The highest BCUT2D eigenvalue weighted by Crippen LogP contribution is 2.49. The van der Waals surface area contributed by atoms with Gasteiger partial charge >= 0.3 is 6.03 Å². The molecule has 0 bridgehead atoms. The third-order valence-corrected chi connectivity index (χ3v) is 7.39. The highest BCUT2D eigenvalue weighted by molar-refractivity contribution is 6.36. The Kier molecular flexibility index (Phi) is 6.75. The molecule has 8 heteroatoms. The maximum Gasteiger partial charge on any atom is 0.319 e. The molecule has 0 unspecified atom stereocenters. The predicted molar refractivity (Wildman–Crippen MR) is 128 cm³/mol. The normalized spacial score (nSPS) is 25.2. The molecule has 2 amide bonds. The van der Waals surface area contributed by atoms with Crippen molar-refractivity contribution in [2.75, 3.05) is 39.7 Å². The van der Waals surface area contributed by atoms with Gasteiger partial charge in [-0.05, 0) is 68.1 Å². The average molecular weight is 478 g/mol. The van der Waals surface area contributed by atoms with E-state index in [0.29, 0.717) is 21.7 Å². The summed E-state index contributed by atoms with van der Waals surface area (Å²) in [4.78, 5) is 15.0. The number of halogens is 2. The van der Waals surface area contributed by atoms with Gasteiger partial charge in [0.05, 0.1) is 24.9 Å². The highest BCUT2D eigenvalue weighted by atomic mass is 35.5. The predicted octanol–water partition coefficient (Wildman–Crippen LogP) is 5.18. The molecule has 0 radical (unpaired) electrons. The first-order valence-electron chi connectivity index (χ1n) is 10.8. The van der Waals surface area contributed by atoms with Gasteiger partial charge in [0.15, 0.2) is 11.5 Å². The molecule has 2 fully saturated rings. The van der Waals surface area contributed by atoms with Gasteiger partial charge in [0, 0.05) is 29.6 Å². The van der Waals surface area contributed by atoms with Crippen LogP contribution in [0.3, 0.4) is 0 Å². The molecule has 0 aromatic heterocycles. The number of likely N-dealkylation sites (tertiary alicyclic amines) is 1. The fraction of sp³-hybridized carbons (Fsp3) is 0.458. The number of anilines is 1. The molecule has 0 spiro atoms. The van der Waals surface area contributed by atoms with E-state index in [1.165, 1.54) is 5.56 Å². The number of urea groups is 1. The fourth-order valence-electron chi connectivity index (χ4n) is 5.39. The second-order valence-electron chi connectivity index (χ2n) is 8.81. The summed E-state index contributed by atoms with van der Waals surface area (Å²) in [6.07, 6.45) is 2.81. The van der Waals surface area contributed by atoms with Gasteiger partial charge in [0.2, 0.25) is 0 Å². The monoisotopic (exact) mass is 477 g/mol. The van der Waals surface area contributed by atoms with Crippen LogP contribution in [0.5, 0.6) is 11.5 Å². The summed E-state index contributed by atoms with van der Waals surface area (Å²) in [5.41, 5.74) is 1.87. The van der Waals surface area contributed by atoms with Crippen LogP contribution in [-0.2, 0) is 5.41 Å². The molecule has 2 N–H and O–H groups in total. The number of methoxy groups -OCH3 is 2. The van der Waals surface area contributed by atoms with E-state index in [9.17, 15) is 4.79 Å². The van der Waals surface area contributed by atoms with Crippen LogP contribution in [0.15, 0.2) is 36.4 Å². The van der Waals surface area contributed by atoms with Crippen molar-refractivity contribution in [1.82, 2.24) is 10.2 Å². The van der Waals surface area contributed by atoms with E-state index in [1.54, 1.807) is 32.4 Å². The van der Waals surface area contributed by atoms with Crippen LogP contribution < -0.4 is 20.1 Å². The quantitative estimate of drug-likeness (QED) is 0.622. The fourth-order valence-corrected chi connectivity index (χ4v) is 5.84. The molecule has 1 heterocycles. The Morgan fingerprint density at radius 3 is 2.62 bits per heavy atom. The molecule has 4 rings (SSSR count). The number of amides is 2. The van der Waals surface area contributed by atoms with Crippen LogP contribution in [0.1, 0.15) is 24.8 Å². The smallest absolute Gasteiger partial charge is 0.319 e. The molecule has 2 aromatic carbocycles. The van der Waals surface area contributed by atoms with Crippen LogP contribution >= 0.6 is 23.2 Å². The molecule has 32 heavy (non-hydrogen) atoms. The molecular formula is C24H29Cl2N3O3. The minimum atomic E-state index is -0.246. The SMILES string of the molecule is COc1ccc([C@@]23CC[C@@H](NC(=O)Nc4ccc(Cl)cc4Cl)C[C@@H]2CN(C)C3)cc1OC. The minimum absolute atomic E-state index is 0.0441. The second kappa shape index (κ2) is 9.38. The molecule has 6 nitrogen and oxygen atoms in total. The third kappa shape index (κ3) is 4.49. The number of rotatable bonds is 5. The summed E-state index contributed by atoms with van der Waals surface area (Å²) in [5.74, 6) is 1.93. The molecule has 1 saturated heterocycles. The summed E-state index contributed by atoms with van der Waals surface area (Å²) in [6.45, 7) is 1.99. The van der Waals surface area contributed by atoms with Gasteiger partial charge in [-0.3, -0.25) is 0 Å². The van der Waals surface area contributed by atoms with Crippen molar-refractivity contribution in [1.29, 1.82) is 0 Å². The molecule has 2 aliphatic rings. The van der Waals surface area contributed by atoms with Gasteiger partial charge in [-0.25, -0.2) is 4.79 Å². The van der Waals surface area contributed by atoms with Crippen LogP contribution in [-0.4, -0.2) is 51.3 Å². The van der Waals surface area contributed by atoms with Gasteiger partial charge in [0.1, 0.15) is 0 Å². The maximum atomic E-state index is 12.6. The molecule has 3 atom stereocenters. The maximum absolute atomic E-state index is 12.6. The van der Waals surface area contributed by atoms with E-state index in [0.717, 1.165) is 43.9 Å². The van der Waals surface area contributed by atoms with Gasteiger partial charge in [-0.2, -0.15) is 0 Å². The van der Waals surface area contributed by atoms with Crippen molar-refractivity contribution in [2.24, 2.45) is 5.92 Å². The summed E-state index contributed by atoms with van der Waals surface area (Å²) >= 11 is 12.1. The number of carbonyl (C=O) groups excluding carboxylic acids is 1. The van der Waals surface area contributed by atoms with Crippen LogP contribution in [0.25, 0.3) is 0 Å². The second-order valence-corrected chi connectivity index (χ2v) is 9.66. The number of benzene rings is 2. The van der Waals surface area contributed by atoms with Gasteiger partial charge in [0.25, 0.3) is 0 Å². The number of likely N-dealkylation sites (N-methyl/N-ethyl adjacent to an activating group) is 1. The number of carbonyl (C=O) groups is 1. The van der Waals surface area contributed by atoms with Crippen LogP contribution in [0.4, 0.5) is 10.5 Å². The van der Waals surface area contributed by atoms with E-state index in [-0.39, 0.29) is 17.5 Å². The van der Waals surface area contributed by atoms with E-state index in [2.05, 4.69) is 34.7 Å². The van der Waals surface area contributed by atoms with Crippen molar-refractivity contribution >= 4 is 34.9 Å². The Morgan fingerprint density at radius 1 is 1.12 bits per heavy atom. The number of hydrogen-bond acceptors (Lipinski definition) is 4. The number of nitrogens with zero attached hydrogens (tertiary/aromatic N) is 1. The molecule has 1 saturated carbocycles. The van der Waals surface area contributed by atoms with Gasteiger partial charge < -0.3 is 25.0 Å². The van der Waals surface area contributed by atoms with Crippen molar-refractivity contribution < 1.29 is 14.3 Å². The number of ether oxygens (including phenoxy) is 2. The van der Waals surface area contributed by atoms with Crippen molar-refractivity contribution in [3.63, 3.8) is 0 Å².